The van der Waals surface area contributed by atoms with Crippen LogP contribution in [-0.4, -0.2) is 26.9 Å². The summed E-state index contributed by atoms with van der Waals surface area (Å²) in [4.78, 5) is 25.7. The molecule has 9 heteroatoms. The van der Waals surface area contributed by atoms with Crippen LogP contribution in [0.3, 0.4) is 0 Å². The van der Waals surface area contributed by atoms with Crippen molar-refractivity contribution < 1.29 is 9.72 Å². The Morgan fingerprint density at radius 1 is 1.43 bits per heavy atom. The monoisotopic (exact) mass is 339 g/mol. The number of nitro groups is 1. The first-order chi connectivity index (χ1) is 10.5. The van der Waals surface area contributed by atoms with Crippen molar-refractivity contribution in [2.45, 2.75) is 19.5 Å². The molecule has 0 aliphatic heterocycles. The molecule has 1 aromatic carbocycles. The van der Waals surface area contributed by atoms with Crippen LogP contribution in [0, 0.1) is 17.0 Å². The molecule has 3 N–H and O–H groups in total. The van der Waals surface area contributed by atoms with Crippen LogP contribution in [0.1, 0.15) is 17.4 Å². The van der Waals surface area contributed by atoms with Gasteiger partial charge in [-0.1, -0.05) is 30.3 Å². The number of halogens is 1. The zero-order valence-corrected chi connectivity index (χ0v) is 13.3. The smallest absolute Gasteiger partial charge is 0.358 e. The van der Waals surface area contributed by atoms with Crippen LogP contribution in [0.15, 0.2) is 36.5 Å². The molecule has 23 heavy (non-hydrogen) atoms. The molecule has 0 aliphatic carbocycles. The van der Waals surface area contributed by atoms with Crippen LogP contribution >= 0.6 is 12.4 Å². The van der Waals surface area contributed by atoms with E-state index in [1.54, 1.807) is 6.92 Å². The van der Waals surface area contributed by atoms with E-state index in [1.165, 1.54) is 10.8 Å². The number of benzene rings is 1. The molecule has 0 radical (unpaired) electrons. The predicted molar refractivity (Wildman–Crippen MR) is 87.2 cm³/mol. The lowest BCUT2D eigenvalue weighted by molar-refractivity contribution is -0.389. The number of carbonyl (C=O) groups excluding carboxylic acids is 1. The van der Waals surface area contributed by atoms with Crippen molar-refractivity contribution in [2.24, 2.45) is 5.73 Å². The third kappa shape index (κ3) is 5.04. The summed E-state index contributed by atoms with van der Waals surface area (Å²) in [5.41, 5.74) is 6.92. The normalized spacial score (nSPS) is 11.4. The van der Waals surface area contributed by atoms with Crippen molar-refractivity contribution in [3.05, 3.63) is 58.0 Å². The number of nitrogens with one attached hydrogen (secondary N) is 1. The Labute approximate surface area is 139 Å². The highest BCUT2D eigenvalue weighted by Crippen LogP contribution is 2.10. The summed E-state index contributed by atoms with van der Waals surface area (Å²) >= 11 is 0. The summed E-state index contributed by atoms with van der Waals surface area (Å²) in [6.45, 7) is 1.86. The first-order valence-corrected chi connectivity index (χ1v) is 6.72. The molecule has 1 atom stereocenters. The Morgan fingerprint density at radius 3 is 2.65 bits per heavy atom. The second-order valence-electron chi connectivity index (χ2n) is 4.85. The summed E-state index contributed by atoms with van der Waals surface area (Å²) in [7, 11) is 0. The van der Waals surface area contributed by atoms with E-state index in [0.717, 1.165) is 5.56 Å². The first-order valence-electron chi connectivity index (χ1n) is 6.72. The van der Waals surface area contributed by atoms with Crippen LogP contribution in [0.5, 0.6) is 0 Å². The highest BCUT2D eigenvalue weighted by atomic mass is 35.5. The van der Waals surface area contributed by atoms with E-state index in [4.69, 9.17) is 5.73 Å². The number of nitrogens with zero attached hydrogens (tertiary/aromatic N) is 3. The Kier molecular flexibility index (Phi) is 6.67. The Bertz CT molecular complexity index is 674. The van der Waals surface area contributed by atoms with Gasteiger partial charge in [0.05, 0.1) is 0 Å². The van der Waals surface area contributed by atoms with Crippen molar-refractivity contribution >= 4 is 24.1 Å². The second kappa shape index (κ2) is 8.25. The quantitative estimate of drug-likeness (QED) is 0.608. The van der Waals surface area contributed by atoms with Crippen LogP contribution < -0.4 is 11.1 Å². The Morgan fingerprint density at radius 2 is 2.09 bits per heavy atom. The lowest BCUT2D eigenvalue weighted by Crippen LogP contribution is -2.34. The summed E-state index contributed by atoms with van der Waals surface area (Å²) in [6.07, 6.45) is 1.24. The van der Waals surface area contributed by atoms with E-state index in [-0.39, 0.29) is 36.7 Å². The molecule has 1 unspecified atom stereocenters. The molecule has 0 fully saturated rings. The number of imidazole rings is 1. The summed E-state index contributed by atoms with van der Waals surface area (Å²) in [5.74, 6) is -0.137. The van der Waals surface area contributed by atoms with Gasteiger partial charge in [0.1, 0.15) is 12.7 Å². The fourth-order valence-corrected chi connectivity index (χ4v) is 1.99. The lowest BCUT2D eigenvalue weighted by Gasteiger charge is -2.13. The molecule has 2 aromatic rings. The number of carbonyl (C=O) groups is 1. The van der Waals surface area contributed by atoms with Gasteiger partial charge in [-0.2, -0.15) is 0 Å². The number of aryl methyl sites for hydroxylation is 1. The number of aromatic nitrogens is 2. The molecule has 124 valence electrons. The molecule has 0 bridgehead atoms. The van der Waals surface area contributed by atoms with E-state index in [0.29, 0.717) is 12.4 Å². The number of hydrogen-bond acceptors (Lipinski definition) is 5. The highest BCUT2D eigenvalue weighted by Gasteiger charge is 2.17. The van der Waals surface area contributed by atoms with Gasteiger partial charge in [0.15, 0.2) is 0 Å². The molecule has 0 aliphatic rings. The molecule has 1 amide bonds. The van der Waals surface area contributed by atoms with Crippen LogP contribution in [0.25, 0.3) is 0 Å². The molecule has 0 saturated heterocycles. The largest absolute Gasteiger partial charge is 0.381 e. The summed E-state index contributed by atoms with van der Waals surface area (Å²) < 4.78 is 1.43. The van der Waals surface area contributed by atoms with E-state index < -0.39 is 4.92 Å². The van der Waals surface area contributed by atoms with Crippen LogP contribution in [0.2, 0.25) is 0 Å². The number of amides is 1. The highest BCUT2D eigenvalue weighted by molar-refractivity contribution is 5.85. The van der Waals surface area contributed by atoms with Crippen molar-refractivity contribution in [3.8, 4) is 0 Å². The average molecular weight is 340 g/mol. The topological polar surface area (TPSA) is 116 Å². The molecule has 0 saturated carbocycles. The van der Waals surface area contributed by atoms with Crippen molar-refractivity contribution in [2.75, 3.05) is 6.54 Å². The third-order valence-electron chi connectivity index (χ3n) is 3.21. The van der Waals surface area contributed by atoms with Crippen molar-refractivity contribution in [1.82, 2.24) is 14.9 Å². The van der Waals surface area contributed by atoms with Gasteiger partial charge in [-0.05, 0) is 15.5 Å². The van der Waals surface area contributed by atoms with Crippen molar-refractivity contribution in [3.63, 3.8) is 0 Å². The fraction of sp³-hybridized carbons (Fsp3) is 0.286. The van der Waals surface area contributed by atoms with Crippen LogP contribution in [-0.2, 0) is 11.3 Å². The fourth-order valence-electron chi connectivity index (χ4n) is 1.99. The van der Waals surface area contributed by atoms with E-state index in [9.17, 15) is 14.9 Å². The van der Waals surface area contributed by atoms with Gasteiger partial charge in [0.25, 0.3) is 0 Å². The van der Waals surface area contributed by atoms with Gasteiger partial charge in [-0.3, -0.25) is 9.36 Å². The molecule has 1 heterocycles. The van der Waals surface area contributed by atoms with Gasteiger partial charge in [0.2, 0.25) is 11.7 Å². The molecule has 8 nitrogen and oxygen atoms in total. The molecule has 0 spiro atoms. The zero-order valence-electron chi connectivity index (χ0n) is 12.5. The Balaban J connectivity index is 0.00000264. The minimum Gasteiger partial charge on any atom is -0.358 e. The molecule has 2 rings (SSSR count). The first kappa shape index (κ1) is 18.6. The lowest BCUT2D eigenvalue weighted by atomic mass is 10.1. The third-order valence-corrected chi connectivity index (χ3v) is 3.21. The summed E-state index contributed by atoms with van der Waals surface area (Å²) in [5, 5.41) is 13.3. The minimum absolute atomic E-state index is 0. The van der Waals surface area contributed by atoms with Gasteiger partial charge >= 0.3 is 5.82 Å². The second-order valence-corrected chi connectivity index (χ2v) is 4.85. The van der Waals surface area contributed by atoms with Gasteiger partial charge in [-0.15, -0.1) is 12.4 Å². The van der Waals surface area contributed by atoms with E-state index >= 15 is 0 Å². The van der Waals surface area contributed by atoms with Gasteiger partial charge in [-0.25, -0.2) is 0 Å². The number of nitrogens with two attached hydrogens (primary N) is 1. The SMILES string of the molecule is Cc1nc([N+](=O)[O-])cn1CC(=O)NCC(N)c1ccccc1.Cl. The molecule has 1 aromatic heterocycles. The summed E-state index contributed by atoms with van der Waals surface area (Å²) in [6, 6.07) is 9.13. The average Bonchev–Trinajstić information content (AvgIpc) is 2.87. The van der Waals surface area contributed by atoms with Crippen molar-refractivity contribution in [1.29, 1.82) is 0 Å². The molecular weight excluding hydrogens is 322 g/mol. The zero-order chi connectivity index (χ0) is 16.1. The number of rotatable bonds is 6. The van der Waals surface area contributed by atoms with E-state index in [1.807, 2.05) is 30.3 Å². The standard InChI is InChI=1S/C14H17N5O3.ClH/c1-10-17-13(19(21)22)8-18(10)9-14(20)16-7-12(15)11-5-3-2-4-6-11;/h2-6,8,12H,7,9,15H2,1H3,(H,16,20);1H. The van der Waals surface area contributed by atoms with E-state index in [2.05, 4.69) is 10.3 Å². The predicted octanol–water partition coefficient (Wildman–Crippen LogP) is 1.34. The maximum Gasteiger partial charge on any atom is 0.381 e. The van der Waals surface area contributed by atoms with Gasteiger partial charge in [0, 0.05) is 19.5 Å². The molecular formula is C14H18ClN5O3. The Hall–Kier alpha value is -2.45. The van der Waals surface area contributed by atoms with Crippen LogP contribution in [0.4, 0.5) is 5.82 Å². The maximum absolute atomic E-state index is 11.9. The maximum atomic E-state index is 11.9. The minimum atomic E-state index is -0.591. The number of hydrogen-bond donors (Lipinski definition) is 2. The van der Waals surface area contributed by atoms with Gasteiger partial charge < -0.3 is 21.2 Å².